The van der Waals surface area contributed by atoms with Crippen molar-refractivity contribution in [3.05, 3.63) is 0 Å². The summed E-state index contributed by atoms with van der Waals surface area (Å²) in [7, 11) is 1.97. The number of hydrogen-bond donors (Lipinski definition) is 0. The molecule has 0 heterocycles. The normalized spacial score (nSPS) is 22.2. The first-order valence-electron chi connectivity index (χ1n) is 3.86. The van der Waals surface area contributed by atoms with Crippen LogP contribution in [-0.4, -0.2) is 13.7 Å². The zero-order chi connectivity index (χ0) is 8.65. The Morgan fingerprint density at radius 1 is 1.36 bits per heavy atom. The van der Waals surface area contributed by atoms with Crippen LogP contribution in [0.2, 0.25) is 0 Å². The van der Waals surface area contributed by atoms with Crippen molar-refractivity contribution in [1.29, 1.82) is 0 Å². The monoisotopic (exact) mass is 196 g/mol. The summed E-state index contributed by atoms with van der Waals surface area (Å²) in [5.41, 5.74) is 0. The van der Waals surface area contributed by atoms with Gasteiger partial charge in [0.1, 0.15) is 0 Å². The fourth-order valence-corrected chi connectivity index (χ4v) is 3.96. The molecule has 0 aromatic rings. The van der Waals surface area contributed by atoms with E-state index in [1.807, 2.05) is 13.8 Å². The highest BCUT2D eigenvalue weighted by Crippen LogP contribution is 2.40. The van der Waals surface area contributed by atoms with Crippen LogP contribution >= 0.6 is 10.7 Å². The van der Waals surface area contributed by atoms with Gasteiger partial charge in [0.05, 0.1) is 5.25 Å². The number of halogens is 1. The first-order valence-corrected chi connectivity index (χ1v) is 6.23. The highest BCUT2D eigenvalue weighted by atomic mass is 35.7. The summed E-state index contributed by atoms with van der Waals surface area (Å²) in [5.74, 6) is 0.475. The zero-order valence-corrected chi connectivity index (χ0v) is 8.32. The van der Waals surface area contributed by atoms with Gasteiger partial charge in [0, 0.05) is 10.7 Å². The molecule has 1 aliphatic carbocycles. The van der Waals surface area contributed by atoms with E-state index in [4.69, 9.17) is 10.7 Å². The van der Waals surface area contributed by atoms with E-state index in [1.165, 1.54) is 0 Å². The Morgan fingerprint density at radius 3 is 1.91 bits per heavy atom. The average Bonchev–Trinajstić information content (AvgIpc) is 2.42. The SMILES string of the molecule is CC(C)C(C1CC1)S(=O)(=O)Cl. The Hall–Kier alpha value is 0.240. The minimum Gasteiger partial charge on any atom is -0.212 e. The first kappa shape index (κ1) is 9.33. The van der Waals surface area contributed by atoms with Gasteiger partial charge in [0.2, 0.25) is 9.05 Å². The summed E-state index contributed by atoms with van der Waals surface area (Å²) in [6.45, 7) is 3.81. The van der Waals surface area contributed by atoms with E-state index < -0.39 is 9.05 Å². The molecular formula is C7H13ClO2S. The molecule has 1 unspecified atom stereocenters. The Labute approximate surface area is 72.4 Å². The lowest BCUT2D eigenvalue weighted by Crippen LogP contribution is -2.24. The van der Waals surface area contributed by atoms with E-state index in [9.17, 15) is 8.42 Å². The predicted molar refractivity (Wildman–Crippen MR) is 46.1 cm³/mol. The number of rotatable bonds is 3. The molecule has 11 heavy (non-hydrogen) atoms. The van der Waals surface area contributed by atoms with Crippen LogP contribution in [0, 0.1) is 11.8 Å². The van der Waals surface area contributed by atoms with Gasteiger partial charge in [0.25, 0.3) is 0 Å². The molecule has 1 rings (SSSR count). The molecule has 0 aromatic carbocycles. The lowest BCUT2D eigenvalue weighted by Gasteiger charge is -2.15. The summed E-state index contributed by atoms with van der Waals surface area (Å²) >= 11 is 0. The number of hydrogen-bond acceptors (Lipinski definition) is 2. The minimum absolute atomic E-state index is 0.144. The van der Waals surface area contributed by atoms with Crippen molar-refractivity contribution < 1.29 is 8.42 Å². The fourth-order valence-electron chi connectivity index (χ4n) is 1.52. The maximum atomic E-state index is 11.0. The molecule has 0 N–H and O–H groups in total. The molecule has 0 saturated heterocycles. The largest absolute Gasteiger partial charge is 0.235 e. The molecule has 0 aromatic heterocycles. The second-order valence-corrected chi connectivity index (χ2v) is 6.31. The van der Waals surface area contributed by atoms with Gasteiger partial charge in [-0.25, -0.2) is 8.42 Å². The van der Waals surface area contributed by atoms with Gasteiger partial charge in [0.15, 0.2) is 0 Å². The highest BCUT2D eigenvalue weighted by molar-refractivity contribution is 8.14. The maximum absolute atomic E-state index is 11.0. The standard InChI is InChI=1S/C7H13ClO2S/c1-5(2)7(6-3-4-6)11(8,9)10/h5-7H,3-4H2,1-2H3. The molecule has 1 aliphatic rings. The first-order chi connectivity index (χ1) is 4.93. The summed E-state index contributed by atoms with van der Waals surface area (Å²) in [4.78, 5) is 0. The summed E-state index contributed by atoms with van der Waals surface area (Å²) in [6, 6.07) is 0. The zero-order valence-electron chi connectivity index (χ0n) is 6.75. The van der Waals surface area contributed by atoms with Crippen molar-refractivity contribution in [3.8, 4) is 0 Å². The smallest absolute Gasteiger partial charge is 0.212 e. The molecule has 1 atom stereocenters. The van der Waals surface area contributed by atoms with Crippen LogP contribution in [0.5, 0.6) is 0 Å². The lowest BCUT2D eigenvalue weighted by atomic mass is 10.1. The van der Waals surface area contributed by atoms with Crippen molar-refractivity contribution in [1.82, 2.24) is 0 Å². The van der Waals surface area contributed by atoms with Crippen LogP contribution < -0.4 is 0 Å². The molecule has 4 heteroatoms. The Balaban J connectivity index is 2.75. The lowest BCUT2D eigenvalue weighted by molar-refractivity contribution is 0.511. The van der Waals surface area contributed by atoms with Crippen molar-refractivity contribution >= 4 is 19.7 Å². The van der Waals surface area contributed by atoms with E-state index >= 15 is 0 Å². The van der Waals surface area contributed by atoms with Crippen LogP contribution in [0.15, 0.2) is 0 Å². The van der Waals surface area contributed by atoms with Crippen molar-refractivity contribution in [2.75, 3.05) is 0 Å². The van der Waals surface area contributed by atoms with Crippen molar-refractivity contribution in [3.63, 3.8) is 0 Å². The van der Waals surface area contributed by atoms with Crippen LogP contribution in [0.1, 0.15) is 26.7 Å². The van der Waals surface area contributed by atoms with Crippen LogP contribution in [0.25, 0.3) is 0 Å². The highest BCUT2D eigenvalue weighted by Gasteiger charge is 2.40. The van der Waals surface area contributed by atoms with Gasteiger partial charge in [-0.3, -0.25) is 0 Å². The summed E-state index contributed by atoms with van der Waals surface area (Å²) in [6.07, 6.45) is 2.05. The van der Waals surface area contributed by atoms with Gasteiger partial charge in [-0.1, -0.05) is 13.8 Å². The van der Waals surface area contributed by atoms with Gasteiger partial charge in [-0.2, -0.15) is 0 Å². The average molecular weight is 197 g/mol. The van der Waals surface area contributed by atoms with Gasteiger partial charge >= 0.3 is 0 Å². The maximum Gasteiger partial charge on any atom is 0.235 e. The van der Waals surface area contributed by atoms with E-state index in [1.54, 1.807) is 0 Å². The van der Waals surface area contributed by atoms with Gasteiger partial charge in [-0.15, -0.1) is 0 Å². The van der Waals surface area contributed by atoms with E-state index in [2.05, 4.69) is 0 Å². The van der Waals surface area contributed by atoms with E-state index in [0.717, 1.165) is 12.8 Å². The van der Waals surface area contributed by atoms with Crippen molar-refractivity contribution in [2.24, 2.45) is 11.8 Å². The van der Waals surface area contributed by atoms with Crippen LogP contribution in [0.4, 0.5) is 0 Å². The Morgan fingerprint density at radius 2 is 1.82 bits per heavy atom. The quantitative estimate of drug-likeness (QED) is 0.647. The second-order valence-electron chi connectivity index (χ2n) is 3.52. The summed E-state index contributed by atoms with van der Waals surface area (Å²) in [5, 5.41) is -0.316. The molecule has 1 fully saturated rings. The third-order valence-electron chi connectivity index (χ3n) is 2.07. The second kappa shape index (κ2) is 2.94. The topological polar surface area (TPSA) is 34.1 Å². The molecule has 0 bridgehead atoms. The molecular weight excluding hydrogens is 184 g/mol. The van der Waals surface area contributed by atoms with Gasteiger partial charge in [-0.05, 0) is 24.7 Å². The van der Waals surface area contributed by atoms with Crippen LogP contribution in [0.3, 0.4) is 0 Å². The van der Waals surface area contributed by atoms with E-state index in [0.29, 0.717) is 5.92 Å². The molecule has 0 amide bonds. The molecule has 0 radical (unpaired) electrons. The molecule has 2 nitrogen and oxygen atoms in total. The van der Waals surface area contributed by atoms with E-state index in [-0.39, 0.29) is 11.2 Å². The minimum atomic E-state index is -3.33. The fraction of sp³-hybridized carbons (Fsp3) is 1.00. The Kier molecular flexibility index (Phi) is 2.49. The predicted octanol–water partition coefficient (Wildman–Crippen LogP) is 1.99. The molecule has 0 aliphatic heterocycles. The van der Waals surface area contributed by atoms with Crippen molar-refractivity contribution in [2.45, 2.75) is 31.9 Å². The third kappa shape index (κ3) is 2.34. The summed E-state index contributed by atoms with van der Waals surface area (Å²) < 4.78 is 22.0. The molecule has 1 saturated carbocycles. The third-order valence-corrected chi connectivity index (χ3v) is 4.27. The van der Waals surface area contributed by atoms with Gasteiger partial charge < -0.3 is 0 Å². The van der Waals surface area contributed by atoms with Crippen LogP contribution in [-0.2, 0) is 9.05 Å². The molecule has 0 spiro atoms. The Bertz CT molecular complexity index is 227. The molecule has 66 valence electrons.